The first-order valence-electron chi connectivity index (χ1n) is 8.17. The summed E-state index contributed by atoms with van der Waals surface area (Å²) in [6.07, 6.45) is 11.8. The van der Waals surface area contributed by atoms with Crippen LogP contribution in [-0.4, -0.2) is 12.4 Å². The minimum atomic E-state index is 0.317. The molecule has 2 heteroatoms. The number of hydrogen-bond acceptors (Lipinski definition) is 2. The molecule has 1 aromatic carbocycles. The van der Waals surface area contributed by atoms with Crippen LogP contribution in [0.15, 0.2) is 18.2 Å². The molecule has 3 rings (SSSR count). The van der Waals surface area contributed by atoms with Crippen molar-refractivity contribution in [1.82, 2.24) is 0 Å². The molecule has 0 heterocycles. The summed E-state index contributed by atoms with van der Waals surface area (Å²) in [7, 11) is 0. The average Bonchev–Trinajstić information content (AvgIpc) is 2.54. The molecule has 0 radical (unpaired) electrons. The number of aryl methyl sites for hydroxylation is 2. The van der Waals surface area contributed by atoms with Crippen LogP contribution in [0, 0.1) is 5.41 Å². The standard InChI is InChI=1S/C18H26OS/c20-14-18(10-4-1-5-11-18)13-19-17-9-8-15-6-2-3-7-16(15)12-17/h8-9,12,20H,1-7,10-11,13-14H2. The van der Waals surface area contributed by atoms with Gasteiger partial charge in [-0.3, -0.25) is 0 Å². The summed E-state index contributed by atoms with van der Waals surface area (Å²) >= 11 is 4.59. The van der Waals surface area contributed by atoms with E-state index < -0.39 is 0 Å². The van der Waals surface area contributed by atoms with Crippen LogP contribution in [-0.2, 0) is 12.8 Å². The van der Waals surface area contributed by atoms with Crippen molar-refractivity contribution in [3.63, 3.8) is 0 Å². The molecule has 0 saturated heterocycles. The van der Waals surface area contributed by atoms with Crippen LogP contribution >= 0.6 is 12.6 Å². The van der Waals surface area contributed by atoms with Crippen molar-refractivity contribution in [3.05, 3.63) is 29.3 Å². The van der Waals surface area contributed by atoms with Crippen molar-refractivity contribution in [3.8, 4) is 5.75 Å². The molecule has 2 aliphatic carbocycles. The van der Waals surface area contributed by atoms with Gasteiger partial charge in [0, 0.05) is 5.41 Å². The summed E-state index contributed by atoms with van der Waals surface area (Å²) < 4.78 is 6.16. The largest absolute Gasteiger partial charge is 0.493 e. The highest BCUT2D eigenvalue weighted by atomic mass is 32.1. The quantitative estimate of drug-likeness (QED) is 0.782. The average molecular weight is 290 g/mol. The predicted octanol–water partition coefficient (Wildman–Crippen LogP) is 4.82. The fourth-order valence-corrected chi connectivity index (χ4v) is 4.09. The second kappa shape index (κ2) is 6.43. The summed E-state index contributed by atoms with van der Waals surface area (Å²) in [5.41, 5.74) is 3.36. The van der Waals surface area contributed by atoms with Gasteiger partial charge < -0.3 is 4.74 Å². The summed E-state index contributed by atoms with van der Waals surface area (Å²) in [6.45, 7) is 0.843. The Balaban J connectivity index is 1.65. The monoisotopic (exact) mass is 290 g/mol. The van der Waals surface area contributed by atoms with E-state index in [0.29, 0.717) is 5.41 Å². The summed E-state index contributed by atoms with van der Waals surface area (Å²) in [5, 5.41) is 0. The van der Waals surface area contributed by atoms with Crippen molar-refractivity contribution in [1.29, 1.82) is 0 Å². The molecule has 0 spiro atoms. The molecule has 1 saturated carbocycles. The van der Waals surface area contributed by atoms with Gasteiger partial charge in [0.05, 0.1) is 6.61 Å². The van der Waals surface area contributed by atoms with Crippen LogP contribution in [0.5, 0.6) is 5.75 Å². The Bertz CT molecular complexity index is 449. The van der Waals surface area contributed by atoms with Crippen LogP contribution in [0.1, 0.15) is 56.1 Å². The third-order valence-electron chi connectivity index (χ3n) is 5.11. The first-order valence-corrected chi connectivity index (χ1v) is 8.80. The maximum absolute atomic E-state index is 6.16. The zero-order valence-corrected chi connectivity index (χ0v) is 13.3. The second-order valence-electron chi connectivity index (χ2n) is 6.65. The molecule has 2 aliphatic rings. The van der Waals surface area contributed by atoms with Gasteiger partial charge in [-0.25, -0.2) is 0 Å². The lowest BCUT2D eigenvalue weighted by atomic mass is 9.76. The highest BCUT2D eigenvalue weighted by molar-refractivity contribution is 7.80. The zero-order chi connectivity index (χ0) is 13.8. The van der Waals surface area contributed by atoms with Crippen molar-refractivity contribution < 1.29 is 4.74 Å². The van der Waals surface area contributed by atoms with Gasteiger partial charge in [-0.05, 0) is 67.5 Å². The van der Waals surface area contributed by atoms with Crippen molar-refractivity contribution in [2.75, 3.05) is 12.4 Å². The Kier molecular flexibility index (Phi) is 4.60. The van der Waals surface area contributed by atoms with E-state index in [0.717, 1.165) is 18.1 Å². The van der Waals surface area contributed by atoms with Gasteiger partial charge in [0.25, 0.3) is 0 Å². The Morgan fingerprint density at radius 2 is 1.70 bits per heavy atom. The van der Waals surface area contributed by atoms with Crippen LogP contribution in [0.3, 0.4) is 0 Å². The summed E-state index contributed by atoms with van der Waals surface area (Å²) in [5.74, 6) is 2.02. The molecule has 110 valence electrons. The minimum absolute atomic E-state index is 0.317. The van der Waals surface area contributed by atoms with Crippen LogP contribution in [0.4, 0.5) is 0 Å². The maximum Gasteiger partial charge on any atom is 0.119 e. The summed E-state index contributed by atoms with van der Waals surface area (Å²) in [6, 6.07) is 6.72. The fourth-order valence-electron chi connectivity index (χ4n) is 3.69. The van der Waals surface area contributed by atoms with E-state index in [1.54, 1.807) is 0 Å². The number of benzene rings is 1. The van der Waals surface area contributed by atoms with Crippen LogP contribution in [0.2, 0.25) is 0 Å². The zero-order valence-electron chi connectivity index (χ0n) is 12.4. The van der Waals surface area contributed by atoms with Crippen molar-refractivity contribution >= 4 is 12.6 Å². The van der Waals surface area contributed by atoms with Gasteiger partial charge in [-0.2, -0.15) is 12.6 Å². The van der Waals surface area contributed by atoms with Crippen LogP contribution < -0.4 is 4.74 Å². The van der Waals surface area contributed by atoms with Gasteiger partial charge >= 0.3 is 0 Å². The van der Waals surface area contributed by atoms with Gasteiger partial charge in [0.15, 0.2) is 0 Å². The van der Waals surface area contributed by atoms with E-state index in [-0.39, 0.29) is 0 Å². The molecule has 1 nitrogen and oxygen atoms in total. The Hall–Kier alpha value is -0.630. The molecule has 20 heavy (non-hydrogen) atoms. The number of ether oxygens (including phenoxy) is 1. The highest BCUT2D eigenvalue weighted by Crippen LogP contribution is 2.38. The minimum Gasteiger partial charge on any atom is -0.493 e. The number of hydrogen-bond donors (Lipinski definition) is 1. The van der Waals surface area contributed by atoms with Gasteiger partial charge in [-0.15, -0.1) is 0 Å². The maximum atomic E-state index is 6.16. The normalized spacial score (nSPS) is 21.2. The third-order valence-corrected chi connectivity index (χ3v) is 5.79. The lowest BCUT2D eigenvalue weighted by Gasteiger charge is -2.35. The van der Waals surface area contributed by atoms with E-state index >= 15 is 0 Å². The lowest BCUT2D eigenvalue weighted by Crippen LogP contribution is -2.33. The van der Waals surface area contributed by atoms with Gasteiger partial charge in [0.1, 0.15) is 5.75 Å². The molecular formula is C18H26OS. The molecule has 1 aromatic rings. The molecule has 0 aromatic heterocycles. The number of thiol groups is 1. The van der Waals surface area contributed by atoms with E-state index in [9.17, 15) is 0 Å². The number of fused-ring (bicyclic) bond motifs is 1. The lowest BCUT2D eigenvalue weighted by molar-refractivity contribution is 0.121. The van der Waals surface area contributed by atoms with Gasteiger partial charge in [0.2, 0.25) is 0 Å². The van der Waals surface area contributed by atoms with E-state index in [1.807, 2.05) is 0 Å². The van der Waals surface area contributed by atoms with Crippen LogP contribution in [0.25, 0.3) is 0 Å². The molecule has 0 aliphatic heterocycles. The molecule has 0 bridgehead atoms. The van der Waals surface area contributed by atoms with Crippen molar-refractivity contribution in [2.24, 2.45) is 5.41 Å². The molecule has 1 fully saturated rings. The smallest absolute Gasteiger partial charge is 0.119 e. The van der Waals surface area contributed by atoms with Gasteiger partial charge in [-0.1, -0.05) is 25.3 Å². The molecule has 0 unspecified atom stereocenters. The number of rotatable bonds is 4. The fraction of sp³-hybridized carbons (Fsp3) is 0.667. The first kappa shape index (κ1) is 14.3. The van der Waals surface area contributed by atoms with Crippen molar-refractivity contribution in [2.45, 2.75) is 57.8 Å². The SMILES string of the molecule is SCC1(COc2ccc3c(c2)CCCC3)CCCCC1. The molecule has 0 amide bonds. The first-order chi connectivity index (χ1) is 9.81. The Morgan fingerprint density at radius 3 is 2.45 bits per heavy atom. The molecule has 0 atom stereocenters. The van der Waals surface area contributed by atoms with E-state index in [1.165, 1.54) is 68.9 Å². The summed E-state index contributed by atoms with van der Waals surface area (Å²) in [4.78, 5) is 0. The van der Waals surface area contributed by atoms with E-state index in [2.05, 4.69) is 30.8 Å². The van der Waals surface area contributed by atoms with E-state index in [4.69, 9.17) is 4.74 Å². The highest BCUT2D eigenvalue weighted by Gasteiger charge is 2.31. The Morgan fingerprint density at radius 1 is 0.950 bits per heavy atom. The molecule has 0 N–H and O–H groups in total. The topological polar surface area (TPSA) is 9.23 Å². The second-order valence-corrected chi connectivity index (χ2v) is 6.96. The Labute approximate surface area is 128 Å². The molecular weight excluding hydrogens is 264 g/mol. The third kappa shape index (κ3) is 3.16. The predicted molar refractivity (Wildman–Crippen MR) is 88.0 cm³/mol.